The number of rotatable bonds is 4. The Kier molecular flexibility index (Phi) is 4.44. The van der Waals surface area contributed by atoms with Gasteiger partial charge < -0.3 is 10.4 Å². The van der Waals surface area contributed by atoms with Crippen LogP contribution in [0.3, 0.4) is 0 Å². The Hall–Kier alpha value is -2.54. The van der Waals surface area contributed by atoms with E-state index in [1.54, 1.807) is 0 Å². The fourth-order valence-corrected chi connectivity index (χ4v) is 1.70. The minimum atomic E-state index is -1.14. The van der Waals surface area contributed by atoms with Gasteiger partial charge in [0.2, 0.25) is 0 Å². The van der Waals surface area contributed by atoms with Crippen LogP contribution in [0.1, 0.15) is 26.4 Å². The molecule has 0 spiro atoms. The number of nitrogens with one attached hydrogen (secondary N) is 1. The van der Waals surface area contributed by atoms with Crippen LogP contribution in [0.25, 0.3) is 0 Å². The SMILES string of the molecule is O=C(O)c1ccc(CNC(=O)c2cc(F)cnc2Cl)cn1. The largest absolute Gasteiger partial charge is 0.477 e. The third-order valence-electron chi connectivity index (χ3n) is 2.55. The third-order valence-corrected chi connectivity index (χ3v) is 2.85. The van der Waals surface area contributed by atoms with Crippen LogP contribution in [0.15, 0.2) is 30.6 Å². The van der Waals surface area contributed by atoms with Crippen LogP contribution < -0.4 is 5.32 Å². The van der Waals surface area contributed by atoms with Gasteiger partial charge in [-0.05, 0) is 17.7 Å². The number of carbonyl (C=O) groups excluding carboxylic acids is 1. The van der Waals surface area contributed by atoms with Crippen LogP contribution in [0.2, 0.25) is 5.15 Å². The van der Waals surface area contributed by atoms with E-state index in [-0.39, 0.29) is 23.0 Å². The lowest BCUT2D eigenvalue weighted by molar-refractivity contribution is 0.0690. The fraction of sp³-hybridized carbons (Fsp3) is 0.0769. The molecule has 0 fully saturated rings. The number of amides is 1. The van der Waals surface area contributed by atoms with Crippen molar-refractivity contribution >= 4 is 23.5 Å². The van der Waals surface area contributed by atoms with E-state index in [0.29, 0.717) is 5.56 Å². The number of hydrogen-bond donors (Lipinski definition) is 2. The second kappa shape index (κ2) is 6.27. The van der Waals surface area contributed by atoms with Crippen molar-refractivity contribution in [1.29, 1.82) is 0 Å². The minimum Gasteiger partial charge on any atom is -0.477 e. The molecule has 6 nitrogen and oxygen atoms in total. The van der Waals surface area contributed by atoms with Crippen molar-refractivity contribution in [3.05, 3.63) is 58.4 Å². The normalized spacial score (nSPS) is 10.2. The second-order valence-corrected chi connectivity index (χ2v) is 4.39. The molecule has 0 bridgehead atoms. The molecule has 0 aliphatic carbocycles. The highest BCUT2D eigenvalue weighted by Crippen LogP contribution is 2.13. The van der Waals surface area contributed by atoms with E-state index in [1.807, 2.05) is 0 Å². The lowest BCUT2D eigenvalue weighted by Gasteiger charge is -2.06. The van der Waals surface area contributed by atoms with Crippen molar-refractivity contribution < 1.29 is 19.1 Å². The second-order valence-electron chi connectivity index (χ2n) is 4.03. The lowest BCUT2D eigenvalue weighted by atomic mass is 10.2. The van der Waals surface area contributed by atoms with Crippen molar-refractivity contribution in [1.82, 2.24) is 15.3 Å². The molecular formula is C13H9ClFN3O3. The monoisotopic (exact) mass is 309 g/mol. The number of carboxylic acids is 1. The smallest absolute Gasteiger partial charge is 0.354 e. The molecule has 21 heavy (non-hydrogen) atoms. The molecule has 0 aromatic carbocycles. The van der Waals surface area contributed by atoms with E-state index < -0.39 is 17.7 Å². The lowest BCUT2D eigenvalue weighted by Crippen LogP contribution is -2.23. The average Bonchev–Trinajstić information content (AvgIpc) is 2.47. The third kappa shape index (κ3) is 3.73. The van der Waals surface area contributed by atoms with Gasteiger partial charge in [-0.25, -0.2) is 19.2 Å². The highest BCUT2D eigenvalue weighted by atomic mass is 35.5. The summed E-state index contributed by atoms with van der Waals surface area (Å²) in [6, 6.07) is 3.82. The van der Waals surface area contributed by atoms with Crippen molar-refractivity contribution in [2.75, 3.05) is 0 Å². The maximum Gasteiger partial charge on any atom is 0.354 e. The highest BCUT2D eigenvalue weighted by molar-refractivity contribution is 6.32. The summed E-state index contributed by atoms with van der Waals surface area (Å²) < 4.78 is 13.0. The number of carbonyl (C=O) groups is 2. The molecule has 0 aliphatic rings. The zero-order valence-corrected chi connectivity index (χ0v) is 11.3. The van der Waals surface area contributed by atoms with Crippen molar-refractivity contribution in [2.45, 2.75) is 6.54 Å². The van der Waals surface area contributed by atoms with E-state index in [4.69, 9.17) is 16.7 Å². The summed E-state index contributed by atoms with van der Waals surface area (Å²) in [6.45, 7) is 0.0958. The van der Waals surface area contributed by atoms with E-state index in [1.165, 1.54) is 18.3 Å². The van der Waals surface area contributed by atoms with Gasteiger partial charge in [-0.2, -0.15) is 0 Å². The number of halogens is 2. The molecule has 0 atom stereocenters. The Bertz CT molecular complexity index is 692. The van der Waals surface area contributed by atoms with Crippen LogP contribution in [0.4, 0.5) is 4.39 Å². The Morgan fingerprint density at radius 3 is 2.67 bits per heavy atom. The Labute approximate surface area is 123 Å². The molecule has 0 aliphatic heterocycles. The van der Waals surface area contributed by atoms with E-state index >= 15 is 0 Å². The van der Waals surface area contributed by atoms with Gasteiger partial charge in [-0.3, -0.25) is 4.79 Å². The summed E-state index contributed by atoms with van der Waals surface area (Å²) in [5, 5.41) is 11.1. The molecule has 8 heteroatoms. The van der Waals surface area contributed by atoms with Gasteiger partial charge in [0.25, 0.3) is 5.91 Å². The molecule has 0 radical (unpaired) electrons. The van der Waals surface area contributed by atoms with Crippen LogP contribution in [0, 0.1) is 5.82 Å². The fourth-order valence-electron chi connectivity index (χ4n) is 1.51. The standard InChI is InChI=1S/C13H9ClFN3O3/c14-11-9(3-8(15)6-17-11)12(19)18-5-7-1-2-10(13(20)21)16-4-7/h1-4,6H,5H2,(H,18,19)(H,20,21). The number of carboxylic acid groups (broad SMARTS) is 1. The van der Waals surface area contributed by atoms with Gasteiger partial charge in [-0.1, -0.05) is 17.7 Å². The van der Waals surface area contributed by atoms with Crippen LogP contribution in [0.5, 0.6) is 0 Å². The Balaban J connectivity index is 2.04. The summed E-state index contributed by atoms with van der Waals surface area (Å²) in [6.07, 6.45) is 2.24. The summed E-state index contributed by atoms with van der Waals surface area (Å²) in [7, 11) is 0. The predicted octanol–water partition coefficient (Wildman–Crippen LogP) is 1.90. The first-order chi connectivity index (χ1) is 9.97. The predicted molar refractivity (Wildman–Crippen MR) is 71.6 cm³/mol. The zero-order valence-electron chi connectivity index (χ0n) is 10.5. The molecule has 2 aromatic heterocycles. The first kappa shape index (κ1) is 14.9. The van der Waals surface area contributed by atoms with Crippen LogP contribution >= 0.6 is 11.6 Å². The summed E-state index contributed by atoms with van der Waals surface area (Å²) in [5.74, 6) is -2.39. The maximum atomic E-state index is 13.0. The molecule has 0 saturated carbocycles. The number of aromatic nitrogens is 2. The van der Waals surface area contributed by atoms with Gasteiger partial charge in [-0.15, -0.1) is 0 Å². The summed E-state index contributed by atoms with van der Waals surface area (Å²) in [5.41, 5.74) is 0.420. The maximum absolute atomic E-state index is 13.0. The molecule has 2 aromatic rings. The molecule has 0 saturated heterocycles. The number of aromatic carboxylic acids is 1. The van der Waals surface area contributed by atoms with Crippen molar-refractivity contribution in [2.24, 2.45) is 0 Å². The highest BCUT2D eigenvalue weighted by Gasteiger charge is 2.12. The van der Waals surface area contributed by atoms with Crippen LogP contribution in [-0.2, 0) is 6.54 Å². The Morgan fingerprint density at radius 1 is 1.29 bits per heavy atom. The minimum absolute atomic E-state index is 0.0771. The Morgan fingerprint density at radius 2 is 2.05 bits per heavy atom. The van der Waals surface area contributed by atoms with Gasteiger partial charge in [0.15, 0.2) is 0 Å². The number of hydrogen-bond acceptors (Lipinski definition) is 4. The van der Waals surface area contributed by atoms with Gasteiger partial charge in [0.05, 0.1) is 11.8 Å². The van der Waals surface area contributed by atoms with E-state index in [9.17, 15) is 14.0 Å². The topological polar surface area (TPSA) is 92.2 Å². The molecule has 108 valence electrons. The summed E-state index contributed by atoms with van der Waals surface area (Å²) >= 11 is 5.71. The average molecular weight is 310 g/mol. The van der Waals surface area contributed by atoms with E-state index in [2.05, 4.69) is 15.3 Å². The first-order valence-corrected chi connectivity index (χ1v) is 6.12. The molecule has 1 amide bonds. The number of pyridine rings is 2. The quantitative estimate of drug-likeness (QED) is 0.842. The van der Waals surface area contributed by atoms with Gasteiger partial charge >= 0.3 is 5.97 Å². The molecular weight excluding hydrogens is 301 g/mol. The number of nitrogens with zero attached hydrogens (tertiary/aromatic N) is 2. The summed E-state index contributed by atoms with van der Waals surface area (Å²) in [4.78, 5) is 29.7. The molecule has 2 rings (SSSR count). The molecule has 2 heterocycles. The van der Waals surface area contributed by atoms with Crippen LogP contribution in [-0.4, -0.2) is 27.0 Å². The van der Waals surface area contributed by atoms with Crippen molar-refractivity contribution in [3.63, 3.8) is 0 Å². The molecule has 2 N–H and O–H groups in total. The molecule has 0 unspecified atom stereocenters. The zero-order chi connectivity index (χ0) is 15.4. The van der Waals surface area contributed by atoms with E-state index in [0.717, 1.165) is 12.3 Å². The van der Waals surface area contributed by atoms with Gasteiger partial charge in [0, 0.05) is 12.7 Å². The van der Waals surface area contributed by atoms with Gasteiger partial charge in [0.1, 0.15) is 16.7 Å². The van der Waals surface area contributed by atoms with Crippen molar-refractivity contribution in [3.8, 4) is 0 Å². The first-order valence-electron chi connectivity index (χ1n) is 5.75.